The molecule has 0 amide bonds. The molecule has 0 aliphatic carbocycles. The van der Waals surface area contributed by atoms with E-state index in [9.17, 15) is 0 Å². The molecule has 0 unspecified atom stereocenters. The van der Waals surface area contributed by atoms with Gasteiger partial charge in [0.15, 0.2) is 0 Å². The molecule has 0 fully saturated rings. The van der Waals surface area contributed by atoms with Crippen molar-refractivity contribution in [1.29, 1.82) is 0 Å². The van der Waals surface area contributed by atoms with Gasteiger partial charge in [-0.15, -0.1) is 0 Å². The number of halogens is 1. The van der Waals surface area contributed by atoms with Gasteiger partial charge in [-0.2, -0.15) is 0 Å². The van der Waals surface area contributed by atoms with Crippen LogP contribution in [-0.4, -0.2) is 10.2 Å². The highest BCUT2D eigenvalue weighted by Gasteiger charge is 1.96. The lowest BCUT2D eigenvalue weighted by atomic mass is 10.1. The van der Waals surface area contributed by atoms with Gasteiger partial charge in [0.05, 0.1) is 0 Å². The summed E-state index contributed by atoms with van der Waals surface area (Å²) in [4.78, 5) is 0.771. The van der Waals surface area contributed by atoms with Gasteiger partial charge >= 0.3 is 0 Å². The summed E-state index contributed by atoms with van der Waals surface area (Å²) in [5.74, 6) is 0. The summed E-state index contributed by atoms with van der Waals surface area (Å²) < 4.78 is 0. The SMILES string of the molecule is S=CC(=S)Cc1cccc(Cl)c1. The lowest BCUT2D eigenvalue weighted by Crippen LogP contribution is -1.98. The second-order valence-electron chi connectivity index (χ2n) is 2.39. The van der Waals surface area contributed by atoms with Crippen LogP contribution >= 0.6 is 36.0 Å². The maximum Gasteiger partial charge on any atom is 0.0408 e. The van der Waals surface area contributed by atoms with Gasteiger partial charge in [0.2, 0.25) is 0 Å². The first-order valence-electron chi connectivity index (χ1n) is 3.45. The average Bonchev–Trinajstić information content (AvgIpc) is 2.04. The Labute approximate surface area is 87.5 Å². The molecular formula is C9H7ClS2. The van der Waals surface area contributed by atoms with E-state index in [0.717, 1.165) is 15.5 Å². The van der Waals surface area contributed by atoms with Crippen LogP contribution in [0, 0.1) is 0 Å². The minimum Gasteiger partial charge on any atom is -0.0875 e. The van der Waals surface area contributed by atoms with Gasteiger partial charge in [-0.3, -0.25) is 0 Å². The van der Waals surface area contributed by atoms with E-state index < -0.39 is 0 Å². The molecule has 62 valence electrons. The van der Waals surface area contributed by atoms with Gasteiger partial charge in [-0.1, -0.05) is 48.2 Å². The fourth-order valence-electron chi connectivity index (χ4n) is 0.890. The minimum atomic E-state index is 0.708. The second-order valence-corrected chi connectivity index (χ2v) is 3.59. The highest BCUT2D eigenvalue weighted by atomic mass is 35.5. The van der Waals surface area contributed by atoms with Gasteiger partial charge in [0.1, 0.15) is 0 Å². The van der Waals surface area contributed by atoms with Gasteiger partial charge in [0, 0.05) is 21.7 Å². The van der Waals surface area contributed by atoms with Crippen LogP contribution in [0.5, 0.6) is 0 Å². The molecule has 0 N–H and O–H groups in total. The Morgan fingerprint density at radius 1 is 1.50 bits per heavy atom. The number of rotatable bonds is 3. The van der Waals surface area contributed by atoms with Crippen molar-refractivity contribution >= 4 is 46.3 Å². The van der Waals surface area contributed by atoms with Crippen molar-refractivity contribution < 1.29 is 0 Å². The van der Waals surface area contributed by atoms with Crippen molar-refractivity contribution in [3.63, 3.8) is 0 Å². The lowest BCUT2D eigenvalue weighted by Gasteiger charge is -1.98. The fraction of sp³-hybridized carbons (Fsp3) is 0.111. The first-order chi connectivity index (χ1) is 5.72. The Balaban J connectivity index is 2.76. The molecule has 0 radical (unpaired) electrons. The topological polar surface area (TPSA) is 0 Å². The quantitative estimate of drug-likeness (QED) is 0.709. The largest absolute Gasteiger partial charge is 0.0875 e. The molecule has 0 heterocycles. The van der Waals surface area contributed by atoms with Crippen LogP contribution in [0.3, 0.4) is 0 Å². The zero-order valence-corrected chi connectivity index (χ0v) is 8.68. The molecule has 3 heteroatoms. The summed E-state index contributed by atoms with van der Waals surface area (Å²) in [6.07, 6.45) is 0.708. The summed E-state index contributed by atoms with van der Waals surface area (Å²) >= 11 is 15.5. The van der Waals surface area contributed by atoms with E-state index in [-0.39, 0.29) is 0 Å². The monoisotopic (exact) mass is 214 g/mol. The third-order valence-electron chi connectivity index (χ3n) is 1.40. The molecule has 0 nitrogen and oxygen atoms in total. The number of hydrogen-bond donors (Lipinski definition) is 0. The highest BCUT2D eigenvalue weighted by molar-refractivity contribution is 7.88. The molecule has 0 aromatic heterocycles. The summed E-state index contributed by atoms with van der Waals surface area (Å²) in [5, 5.41) is 2.26. The Kier molecular flexibility index (Phi) is 3.79. The van der Waals surface area contributed by atoms with Crippen LogP contribution in [0.4, 0.5) is 0 Å². The van der Waals surface area contributed by atoms with E-state index in [4.69, 9.17) is 36.0 Å². The van der Waals surface area contributed by atoms with Gasteiger partial charge in [-0.25, -0.2) is 0 Å². The first-order valence-corrected chi connectivity index (χ1v) is 4.70. The zero-order chi connectivity index (χ0) is 8.97. The van der Waals surface area contributed by atoms with Crippen molar-refractivity contribution in [3.8, 4) is 0 Å². The third-order valence-corrected chi connectivity index (χ3v) is 2.33. The van der Waals surface area contributed by atoms with Crippen molar-refractivity contribution in [2.75, 3.05) is 0 Å². The van der Waals surface area contributed by atoms with Crippen LogP contribution in [-0.2, 0) is 6.42 Å². The smallest absolute Gasteiger partial charge is 0.0408 e. The van der Waals surface area contributed by atoms with Crippen LogP contribution in [0.15, 0.2) is 24.3 Å². The zero-order valence-electron chi connectivity index (χ0n) is 6.29. The van der Waals surface area contributed by atoms with E-state index in [2.05, 4.69) is 0 Å². The molecule has 0 spiro atoms. The van der Waals surface area contributed by atoms with E-state index in [0.29, 0.717) is 6.42 Å². The summed E-state index contributed by atoms with van der Waals surface area (Å²) in [5.41, 5.74) is 1.11. The van der Waals surface area contributed by atoms with E-state index >= 15 is 0 Å². The fourth-order valence-corrected chi connectivity index (χ4v) is 1.35. The standard InChI is InChI=1S/C9H7ClS2/c10-8-3-1-2-7(4-8)5-9(12)6-11/h1-4,6H,5H2. The molecule has 1 rings (SSSR count). The van der Waals surface area contributed by atoms with Crippen LogP contribution in [0.2, 0.25) is 5.02 Å². The molecule has 12 heavy (non-hydrogen) atoms. The molecule has 0 saturated carbocycles. The predicted molar refractivity (Wildman–Crippen MR) is 61.4 cm³/mol. The normalized spacial score (nSPS) is 9.42. The second kappa shape index (κ2) is 4.65. The summed E-state index contributed by atoms with van der Waals surface area (Å²) in [6.45, 7) is 0. The van der Waals surface area contributed by atoms with Crippen molar-refractivity contribution in [1.82, 2.24) is 0 Å². The molecular weight excluding hydrogens is 208 g/mol. The number of hydrogen-bond acceptors (Lipinski definition) is 2. The van der Waals surface area contributed by atoms with Crippen LogP contribution in [0.1, 0.15) is 5.56 Å². The van der Waals surface area contributed by atoms with Crippen molar-refractivity contribution in [3.05, 3.63) is 34.9 Å². The average molecular weight is 215 g/mol. The maximum absolute atomic E-state index is 5.79. The first kappa shape index (κ1) is 9.78. The van der Waals surface area contributed by atoms with E-state index in [1.807, 2.05) is 24.3 Å². The third kappa shape index (κ3) is 2.97. The predicted octanol–water partition coefficient (Wildman–Crippen LogP) is 3.25. The van der Waals surface area contributed by atoms with Crippen LogP contribution in [0.25, 0.3) is 0 Å². The molecule has 0 bridgehead atoms. The molecule has 1 aromatic rings. The highest BCUT2D eigenvalue weighted by Crippen LogP contribution is 2.11. The summed E-state index contributed by atoms with van der Waals surface area (Å²) in [7, 11) is 0. The van der Waals surface area contributed by atoms with Crippen molar-refractivity contribution in [2.45, 2.75) is 6.42 Å². The van der Waals surface area contributed by atoms with Gasteiger partial charge < -0.3 is 0 Å². The lowest BCUT2D eigenvalue weighted by molar-refractivity contribution is 1.37. The van der Waals surface area contributed by atoms with Gasteiger partial charge in [-0.05, 0) is 17.7 Å². The summed E-state index contributed by atoms with van der Waals surface area (Å²) in [6, 6.07) is 7.62. The number of thiocarbonyl (C=S) groups is 2. The molecule has 0 saturated heterocycles. The Morgan fingerprint density at radius 3 is 2.83 bits per heavy atom. The minimum absolute atomic E-state index is 0.708. The van der Waals surface area contributed by atoms with E-state index in [1.165, 1.54) is 5.37 Å². The number of benzene rings is 1. The Bertz CT molecular complexity index is 307. The molecule has 1 aromatic carbocycles. The van der Waals surface area contributed by atoms with E-state index in [1.54, 1.807) is 0 Å². The molecule has 0 aliphatic heterocycles. The van der Waals surface area contributed by atoms with Crippen LogP contribution < -0.4 is 0 Å². The van der Waals surface area contributed by atoms with Gasteiger partial charge in [0.25, 0.3) is 0 Å². The Hall–Kier alpha value is -0.310. The van der Waals surface area contributed by atoms with Crippen molar-refractivity contribution in [2.24, 2.45) is 0 Å². The Morgan fingerprint density at radius 2 is 2.25 bits per heavy atom. The molecule has 0 aliphatic rings. The molecule has 0 atom stereocenters. The maximum atomic E-state index is 5.79.